The Balaban J connectivity index is 1.33. The summed E-state index contributed by atoms with van der Waals surface area (Å²) in [7, 11) is 0. The number of anilines is 1. The van der Waals surface area contributed by atoms with Crippen molar-refractivity contribution in [1.82, 2.24) is 15.1 Å². The number of piperazine rings is 1. The number of carbonyl (C=O) groups is 3. The average molecular weight is 455 g/mol. The number of nitrogens with one attached hydrogen (secondary N) is 1. The van der Waals surface area contributed by atoms with Gasteiger partial charge in [0.15, 0.2) is 0 Å². The van der Waals surface area contributed by atoms with Crippen LogP contribution in [0.2, 0.25) is 0 Å². The first-order valence-corrected chi connectivity index (χ1v) is 12.4. The third kappa shape index (κ3) is 4.59. The lowest BCUT2D eigenvalue weighted by atomic mass is 9.65. The lowest BCUT2D eigenvalue weighted by Crippen LogP contribution is -2.53. The molecule has 33 heavy (non-hydrogen) atoms. The van der Waals surface area contributed by atoms with Gasteiger partial charge in [-0.25, -0.2) is 4.79 Å². The van der Waals surface area contributed by atoms with Crippen LogP contribution in [0, 0.1) is 18.3 Å². The van der Waals surface area contributed by atoms with E-state index in [2.05, 4.69) is 56.1 Å². The van der Waals surface area contributed by atoms with E-state index in [0.717, 1.165) is 37.3 Å². The van der Waals surface area contributed by atoms with E-state index in [1.807, 2.05) is 6.07 Å². The quantitative estimate of drug-likeness (QED) is 0.691. The van der Waals surface area contributed by atoms with Crippen molar-refractivity contribution >= 4 is 23.5 Å². The highest BCUT2D eigenvalue weighted by molar-refractivity contribution is 6.09. The van der Waals surface area contributed by atoms with Crippen molar-refractivity contribution in [3.8, 4) is 0 Å². The zero-order valence-electron chi connectivity index (χ0n) is 20.5. The first-order valence-electron chi connectivity index (χ1n) is 12.4. The van der Waals surface area contributed by atoms with Gasteiger partial charge in [-0.1, -0.05) is 39.3 Å². The van der Waals surface area contributed by atoms with Crippen LogP contribution in [0.15, 0.2) is 24.3 Å². The van der Waals surface area contributed by atoms with Gasteiger partial charge in [-0.05, 0) is 61.6 Å². The molecule has 0 bridgehead atoms. The Hall–Kier alpha value is -2.57. The summed E-state index contributed by atoms with van der Waals surface area (Å²) < 4.78 is 0. The van der Waals surface area contributed by atoms with Crippen LogP contribution < -0.4 is 10.2 Å². The number of rotatable bonds is 5. The Labute approximate surface area is 197 Å². The van der Waals surface area contributed by atoms with Gasteiger partial charge >= 0.3 is 6.03 Å². The van der Waals surface area contributed by atoms with E-state index in [1.54, 1.807) is 4.90 Å². The lowest BCUT2D eigenvalue weighted by molar-refractivity contribution is -0.140. The third-order valence-electron chi connectivity index (χ3n) is 8.39. The fourth-order valence-corrected chi connectivity index (χ4v) is 5.61. The van der Waals surface area contributed by atoms with Gasteiger partial charge in [0.1, 0.15) is 12.1 Å². The fourth-order valence-electron chi connectivity index (χ4n) is 5.61. The summed E-state index contributed by atoms with van der Waals surface area (Å²) in [6.45, 7) is 11.4. The molecule has 2 aliphatic heterocycles. The zero-order chi connectivity index (χ0) is 23.8. The number of amides is 4. The predicted molar refractivity (Wildman–Crippen MR) is 129 cm³/mol. The van der Waals surface area contributed by atoms with Crippen molar-refractivity contribution in [2.75, 3.05) is 37.6 Å². The van der Waals surface area contributed by atoms with Gasteiger partial charge in [-0.15, -0.1) is 0 Å². The predicted octanol–water partition coefficient (Wildman–Crippen LogP) is 3.56. The number of nitrogens with zero attached hydrogens (tertiary/aromatic N) is 3. The van der Waals surface area contributed by atoms with E-state index in [4.69, 9.17) is 0 Å². The summed E-state index contributed by atoms with van der Waals surface area (Å²) in [4.78, 5) is 44.1. The molecule has 1 aromatic rings. The Morgan fingerprint density at radius 2 is 1.79 bits per heavy atom. The molecule has 1 saturated carbocycles. The van der Waals surface area contributed by atoms with Crippen LogP contribution >= 0.6 is 0 Å². The molecule has 3 fully saturated rings. The number of carbonyl (C=O) groups excluding carboxylic acids is 3. The average Bonchev–Trinajstić information content (AvgIpc) is 3.03. The summed E-state index contributed by atoms with van der Waals surface area (Å²) >= 11 is 0. The fraction of sp³-hybridized carbons (Fsp3) is 0.654. The van der Waals surface area contributed by atoms with E-state index in [9.17, 15) is 14.4 Å². The molecule has 1 aliphatic carbocycles. The smallest absolute Gasteiger partial charge is 0.325 e. The molecule has 1 spiro atoms. The van der Waals surface area contributed by atoms with Crippen molar-refractivity contribution in [2.24, 2.45) is 11.3 Å². The van der Waals surface area contributed by atoms with Crippen molar-refractivity contribution in [2.45, 2.75) is 65.3 Å². The largest absolute Gasteiger partial charge is 0.368 e. The molecule has 180 valence electrons. The van der Waals surface area contributed by atoms with Crippen molar-refractivity contribution in [1.29, 1.82) is 0 Å². The SMILES string of the molecule is CCC(C)(C)C1CCC2(CC1)NC(=O)N(CC(=O)N1CCN(c3cccc(C)c3)CC1)C2=O. The van der Waals surface area contributed by atoms with Gasteiger partial charge < -0.3 is 15.1 Å². The summed E-state index contributed by atoms with van der Waals surface area (Å²) in [5.74, 6) is 0.186. The molecule has 4 rings (SSSR count). The zero-order valence-corrected chi connectivity index (χ0v) is 20.5. The lowest BCUT2D eigenvalue weighted by Gasteiger charge is -2.42. The minimum Gasteiger partial charge on any atom is -0.368 e. The molecule has 3 aliphatic rings. The van der Waals surface area contributed by atoms with Gasteiger partial charge in [0.2, 0.25) is 5.91 Å². The number of imide groups is 1. The molecule has 2 saturated heterocycles. The summed E-state index contributed by atoms with van der Waals surface area (Å²) in [5.41, 5.74) is 1.80. The molecule has 4 amide bonds. The van der Waals surface area contributed by atoms with Gasteiger partial charge in [0, 0.05) is 31.9 Å². The summed E-state index contributed by atoms with van der Waals surface area (Å²) in [6.07, 6.45) is 4.27. The minimum absolute atomic E-state index is 0.153. The molecule has 0 unspecified atom stereocenters. The number of aryl methyl sites for hydroxylation is 1. The molecule has 1 aromatic carbocycles. The van der Waals surface area contributed by atoms with Gasteiger partial charge in [0.25, 0.3) is 5.91 Å². The molecule has 0 atom stereocenters. The van der Waals surface area contributed by atoms with E-state index in [-0.39, 0.29) is 23.8 Å². The van der Waals surface area contributed by atoms with E-state index in [0.29, 0.717) is 31.8 Å². The summed E-state index contributed by atoms with van der Waals surface area (Å²) in [6, 6.07) is 7.95. The topological polar surface area (TPSA) is 73.0 Å². The number of hydrogen-bond donors (Lipinski definition) is 1. The second-order valence-corrected chi connectivity index (χ2v) is 10.7. The van der Waals surface area contributed by atoms with Crippen LogP contribution in [0.25, 0.3) is 0 Å². The molecule has 0 aromatic heterocycles. The highest BCUT2D eigenvalue weighted by atomic mass is 16.2. The van der Waals surface area contributed by atoms with Crippen LogP contribution in [0.4, 0.5) is 10.5 Å². The number of urea groups is 1. The maximum Gasteiger partial charge on any atom is 0.325 e. The molecular weight excluding hydrogens is 416 g/mol. The molecule has 0 radical (unpaired) electrons. The molecular formula is C26H38N4O3. The number of hydrogen-bond acceptors (Lipinski definition) is 4. The first-order chi connectivity index (χ1) is 15.6. The highest BCUT2D eigenvalue weighted by Gasteiger charge is 2.54. The monoisotopic (exact) mass is 454 g/mol. The molecule has 1 N–H and O–H groups in total. The maximum atomic E-state index is 13.3. The van der Waals surface area contributed by atoms with Crippen molar-refractivity contribution in [3.05, 3.63) is 29.8 Å². The van der Waals surface area contributed by atoms with Crippen LogP contribution in [-0.2, 0) is 9.59 Å². The van der Waals surface area contributed by atoms with Crippen LogP contribution in [0.3, 0.4) is 0 Å². The van der Waals surface area contributed by atoms with E-state index < -0.39 is 11.6 Å². The summed E-state index contributed by atoms with van der Waals surface area (Å²) in [5, 5.41) is 2.96. The number of benzene rings is 1. The second-order valence-electron chi connectivity index (χ2n) is 10.7. The van der Waals surface area contributed by atoms with E-state index in [1.165, 1.54) is 11.3 Å². The Bertz CT molecular complexity index is 912. The van der Waals surface area contributed by atoms with Gasteiger partial charge in [-0.2, -0.15) is 0 Å². The Morgan fingerprint density at radius 3 is 2.39 bits per heavy atom. The molecule has 7 nitrogen and oxygen atoms in total. The van der Waals surface area contributed by atoms with E-state index >= 15 is 0 Å². The highest BCUT2D eigenvalue weighted by Crippen LogP contribution is 2.45. The molecule has 7 heteroatoms. The first kappa shape index (κ1) is 23.6. The molecule has 2 heterocycles. The minimum atomic E-state index is -0.818. The Morgan fingerprint density at radius 1 is 1.12 bits per heavy atom. The van der Waals surface area contributed by atoms with Crippen LogP contribution in [0.1, 0.15) is 58.4 Å². The third-order valence-corrected chi connectivity index (χ3v) is 8.39. The maximum absolute atomic E-state index is 13.3. The van der Waals surface area contributed by atoms with Crippen molar-refractivity contribution < 1.29 is 14.4 Å². The standard InChI is InChI=1S/C26H38N4O3/c1-5-25(3,4)20-9-11-26(12-10-20)23(32)30(24(33)27-26)18-22(31)29-15-13-28(14-16-29)21-8-6-7-19(2)17-21/h6-8,17,20H,5,9-16,18H2,1-4H3,(H,27,33). The second kappa shape index (κ2) is 8.99. The Kier molecular flexibility index (Phi) is 6.43. The van der Waals surface area contributed by atoms with Crippen LogP contribution in [-0.4, -0.2) is 65.9 Å². The van der Waals surface area contributed by atoms with Gasteiger partial charge in [0.05, 0.1) is 0 Å². The van der Waals surface area contributed by atoms with Crippen molar-refractivity contribution in [3.63, 3.8) is 0 Å². The van der Waals surface area contributed by atoms with Gasteiger partial charge in [-0.3, -0.25) is 14.5 Å². The normalized spacial score (nSPS) is 26.2. The van der Waals surface area contributed by atoms with Crippen LogP contribution in [0.5, 0.6) is 0 Å².